The van der Waals surface area contributed by atoms with E-state index in [1.165, 1.54) is 6.07 Å². The molecule has 1 aliphatic heterocycles. The Balaban J connectivity index is 1.47. The quantitative estimate of drug-likeness (QED) is 0.667. The molecule has 1 amide bonds. The predicted octanol–water partition coefficient (Wildman–Crippen LogP) is 4.98. The van der Waals surface area contributed by atoms with E-state index in [9.17, 15) is 9.18 Å². The van der Waals surface area contributed by atoms with E-state index in [4.69, 9.17) is 9.47 Å². The number of hydrogen-bond acceptors (Lipinski definition) is 3. The fourth-order valence-electron chi connectivity index (χ4n) is 2.73. The summed E-state index contributed by atoms with van der Waals surface area (Å²) in [4.78, 5) is 12.1. The van der Waals surface area contributed by atoms with Crippen LogP contribution in [0.5, 0.6) is 11.5 Å². The van der Waals surface area contributed by atoms with E-state index in [-0.39, 0.29) is 18.4 Å². The molecule has 1 heterocycles. The van der Waals surface area contributed by atoms with Crippen molar-refractivity contribution in [2.75, 3.05) is 12.1 Å². The minimum atomic E-state index is -0.493. The number of hydrogen-bond donors (Lipinski definition) is 1. The molecule has 1 aliphatic rings. The first-order valence-corrected chi connectivity index (χ1v) is 8.43. The van der Waals surface area contributed by atoms with E-state index in [2.05, 4.69) is 5.32 Å². The van der Waals surface area contributed by atoms with Crippen molar-refractivity contribution in [1.82, 2.24) is 0 Å². The number of rotatable bonds is 4. The summed E-state index contributed by atoms with van der Waals surface area (Å²) < 4.78 is 25.0. The number of ether oxygens (including phenoxy) is 2. The van der Waals surface area contributed by atoms with E-state index in [0.717, 1.165) is 11.3 Å². The second kappa shape index (κ2) is 7.33. The SMILES string of the molecule is O=C(Nc1ccc(/C=C/c2ccc3c(c2)OCO3)cc1F)c1ccccc1. The summed E-state index contributed by atoms with van der Waals surface area (Å²) in [6.07, 6.45) is 3.66. The van der Waals surface area contributed by atoms with Gasteiger partial charge in [-0.05, 0) is 47.5 Å². The van der Waals surface area contributed by atoms with Gasteiger partial charge in [0.25, 0.3) is 5.91 Å². The van der Waals surface area contributed by atoms with Gasteiger partial charge in [-0.2, -0.15) is 0 Å². The first kappa shape index (κ1) is 16.8. The van der Waals surface area contributed by atoms with Crippen LogP contribution in [0.3, 0.4) is 0 Å². The lowest BCUT2D eigenvalue weighted by atomic mass is 10.1. The van der Waals surface area contributed by atoms with Gasteiger partial charge < -0.3 is 14.8 Å². The molecule has 4 rings (SSSR count). The van der Waals surface area contributed by atoms with Crippen LogP contribution in [-0.4, -0.2) is 12.7 Å². The standard InChI is InChI=1S/C22H16FNO3/c23-18-12-15(6-7-16-9-11-20-21(13-16)27-14-26-20)8-10-19(18)24-22(25)17-4-2-1-3-5-17/h1-13H,14H2,(H,24,25)/b7-6+. The first-order valence-electron chi connectivity index (χ1n) is 8.43. The van der Waals surface area contributed by atoms with Crippen molar-refractivity contribution in [3.63, 3.8) is 0 Å². The van der Waals surface area contributed by atoms with Crippen LogP contribution in [0, 0.1) is 5.82 Å². The number of anilines is 1. The third kappa shape index (κ3) is 3.82. The predicted molar refractivity (Wildman–Crippen MR) is 102 cm³/mol. The lowest BCUT2D eigenvalue weighted by Gasteiger charge is -2.07. The highest BCUT2D eigenvalue weighted by molar-refractivity contribution is 6.04. The molecule has 0 atom stereocenters. The Bertz CT molecular complexity index is 1020. The Morgan fingerprint density at radius 1 is 0.889 bits per heavy atom. The monoisotopic (exact) mass is 361 g/mol. The summed E-state index contributed by atoms with van der Waals surface area (Å²) in [6, 6.07) is 19.0. The van der Waals surface area contributed by atoms with E-state index >= 15 is 0 Å². The fraction of sp³-hybridized carbons (Fsp3) is 0.0455. The molecule has 0 saturated heterocycles. The third-order valence-electron chi connectivity index (χ3n) is 4.14. The van der Waals surface area contributed by atoms with Crippen LogP contribution in [0.15, 0.2) is 66.7 Å². The molecule has 0 aromatic heterocycles. The molecule has 27 heavy (non-hydrogen) atoms. The highest BCUT2D eigenvalue weighted by Crippen LogP contribution is 2.33. The molecular weight excluding hydrogens is 345 g/mol. The summed E-state index contributed by atoms with van der Waals surface area (Å²) in [5.41, 5.74) is 2.22. The maximum Gasteiger partial charge on any atom is 0.255 e. The van der Waals surface area contributed by atoms with Crippen LogP contribution < -0.4 is 14.8 Å². The number of halogens is 1. The van der Waals surface area contributed by atoms with E-state index in [1.54, 1.807) is 42.5 Å². The zero-order valence-corrected chi connectivity index (χ0v) is 14.3. The van der Waals surface area contributed by atoms with Gasteiger partial charge in [-0.3, -0.25) is 4.79 Å². The van der Waals surface area contributed by atoms with Gasteiger partial charge in [0.05, 0.1) is 5.69 Å². The van der Waals surface area contributed by atoms with Gasteiger partial charge in [-0.25, -0.2) is 4.39 Å². The topological polar surface area (TPSA) is 47.6 Å². The van der Waals surface area contributed by atoms with Crippen molar-refractivity contribution in [2.45, 2.75) is 0 Å². The largest absolute Gasteiger partial charge is 0.454 e. The molecule has 0 saturated carbocycles. The van der Waals surface area contributed by atoms with Gasteiger partial charge in [0.2, 0.25) is 6.79 Å². The zero-order valence-electron chi connectivity index (χ0n) is 14.3. The van der Waals surface area contributed by atoms with Crippen LogP contribution in [0.25, 0.3) is 12.2 Å². The molecule has 0 spiro atoms. The number of amides is 1. The minimum absolute atomic E-state index is 0.143. The van der Waals surface area contributed by atoms with Crippen molar-refractivity contribution >= 4 is 23.7 Å². The maximum absolute atomic E-state index is 14.3. The van der Waals surface area contributed by atoms with Gasteiger partial charge in [-0.15, -0.1) is 0 Å². The second-order valence-corrected chi connectivity index (χ2v) is 6.01. The Morgan fingerprint density at radius 2 is 1.59 bits per heavy atom. The van der Waals surface area contributed by atoms with Crippen LogP contribution in [-0.2, 0) is 0 Å². The smallest absolute Gasteiger partial charge is 0.255 e. The third-order valence-corrected chi connectivity index (χ3v) is 4.14. The van der Waals surface area contributed by atoms with Crippen molar-refractivity contribution < 1.29 is 18.7 Å². The zero-order chi connectivity index (χ0) is 18.6. The van der Waals surface area contributed by atoms with Gasteiger partial charge in [0, 0.05) is 5.56 Å². The van der Waals surface area contributed by atoms with Crippen LogP contribution in [0.1, 0.15) is 21.5 Å². The Morgan fingerprint density at radius 3 is 2.37 bits per heavy atom. The highest BCUT2D eigenvalue weighted by atomic mass is 19.1. The molecule has 3 aromatic rings. The number of carbonyl (C=O) groups excluding carboxylic acids is 1. The summed E-state index contributed by atoms with van der Waals surface area (Å²) in [7, 11) is 0. The van der Waals surface area contributed by atoms with Crippen LogP contribution in [0.2, 0.25) is 0 Å². The van der Waals surface area contributed by atoms with Gasteiger partial charge in [-0.1, -0.05) is 42.5 Å². The highest BCUT2D eigenvalue weighted by Gasteiger charge is 2.12. The second-order valence-electron chi connectivity index (χ2n) is 6.01. The number of fused-ring (bicyclic) bond motifs is 1. The van der Waals surface area contributed by atoms with Crippen LogP contribution in [0.4, 0.5) is 10.1 Å². The Kier molecular flexibility index (Phi) is 4.58. The normalized spacial score (nSPS) is 12.3. The number of carbonyl (C=O) groups is 1. The Labute approximate surface area is 155 Å². The number of nitrogens with one attached hydrogen (secondary N) is 1. The fourth-order valence-corrected chi connectivity index (χ4v) is 2.73. The summed E-state index contributed by atoms with van der Waals surface area (Å²) >= 11 is 0. The molecule has 4 nitrogen and oxygen atoms in total. The van der Waals surface area contributed by atoms with E-state index in [1.807, 2.05) is 30.3 Å². The van der Waals surface area contributed by atoms with Crippen LogP contribution >= 0.6 is 0 Å². The summed E-state index contributed by atoms with van der Waals surface area (Å²) in [5.74, 6) is 0.573. The van der Waals surface area contributed by atoms with Gasteiger partial charge in [0.1, 0.15) is 5.82 Å². The molecule has 0 bridgehead atoms. The molecular formula is C22H16FNO3. The molecule has 3 aromatic carbocycles. The first-order chi connectivity index (χ1) is 13.2. The van der Waals surface area contributed by atoms with Crippen molar-refractivity contribution in [3.8, 4) is 11.5 Å². The molecule has 134 valence electrons. The minimum Gasteiger partial charge on any atom is -0.454 e. The van der Waals surface area contributed by atoms with Gasteiger partial charge in [0.15, 0.2) is 11.5 Å². The molecule has 1 N–H and O–H groups in total. The molecule has 0 fully saturated rings. The Hall–Kier alpha value is -3.60. The lowest BCUT2D eigenvalue weighted by molar-refractivity contribution is 0.102. The lowest BCUT2D eigenvalue weighted by Crippen LogP contribution is -2.12. The number of benzene rings is 3. The van der Waals surface area contributed by atoms with Crippen molar-refractivity contribution in [1.29, 1.82) is 0 Å². The molecule has 0 unspecified atom stereocenters. The molecule has 0 aliphatic carbocycles. The average molecular weight is 361 g/mol. The maximum atomic E-state index is 14.3. The van der Waals surface area contributed by atoms with E-state index < -0.39 is 5.82 Å². The van der Waals surface area contributed by atoms with E-state index in [0.29, 0.717) is 16.9 Å². The summed E-state index contributed by atoms with van der Waals surface area (Å²) in [6.45, 7) is 0.226. The van der Waals surface area contributed by atoms with Crippen molar-refractivity contribution in [3.05, 3.63) is 89.2 Å². The molecule has 5 heteroatoms. The molecule has 0 radical (unpaired) electrons. The van der Waals surface area contributed by atoms with Crippen molar-refractivity contribution in [2.24, 2.45) is 0 Å². The summed E-state index contributed by atoms with van der Waals surface area (Å²) in [5, 5.41) is 2.59. The van der Waals surface area contributed by atoms with Gasteiger partial charge >= 0.3 is 0 Å². The average Bonchev–Trinajstić information content (AvgIpc) is 3.16.